The maximum Gasteiger partial charge on any atom is 0.129 e. The molecule has 2 nitrogen and oxygen atoms in total. The van der Waals surface area contributed by atoms with E-state index in [0.717, 1.165) is 0 Å². The Kier molecular flexibility index (Phi) is 5.82. The molecule has 1 saturated carbocycles. The van der Waals surface area contributed by atoms with Gasteiger partial charge in [0.1, 0.15) is 5.82 Å². The third kappa shape index (κ3) is 3.72. The number of hydrogen-bond donors (Lipinski definition) is 1. The molecule has 1 atom stereocenters. The van der Waals surface area contributed by atoms with Crippen LogP contribution in [0, 0.1) is 5.82 Å². The van der Waals surface area contributed by atoms with Gasteiger partial charge < -0.3 is 5.73 Å². The Labute approximate surface area is 126 Å². The van der Waals surface area contributed by atoms with Crippen molar-refractivity contribution in [1.29, 1.82) is 0 Å². The first-order chi connectivity index (χ1) is 9.63. The van der Waals surface area contributed by atoms with Crippen LogP contribution in [-0.2, 0) is 0 Å². The highest BCUT2D eigenvalue weighted by Crippen LogP contribution is 2.30. The Hall–Kier alpha value is -0.640. The lowest BCUT2D eigenvalue weighted by Gasteiger charge is -2.34. The van der Waals surface area contributed by atoms with Gasteiger partial charge in [0.2, 0.25) is 0 Å². The first-order valence-electron chi connectivity index (χ1n) is 7.50. The van der Waals surface area contributed by atoms with Crippen LogP contribution in [0.25, 0.3) is 0 Å². The molecule has 0 amide bonds. The average Bonchev–Trinajstić information content (AvgIpc) is 2.70. The zero-order valence-electron chi connectivity index (χ0n) is 12.1. The quantitative estimate of drug-likeness (QED) is 0.847. The maximum absolute atomic E-state index is 14.1. The molecule has 4 heteroatoms. The van der Waals surface area contributed by atoms with Crippen LogP contribution in [0.4, 0.5) is 4.39 Å². The van der Waals surface area contributed by atoms with E-state index in [2.05, 4.69) is 11.9 Å². The second-order valence-electron chi connectivity index (χ2n) is 5.73. The van der Waals surface area contributed by atoms with Crippen molar-refractivity contribution >= 4 is 11.6 Å². The van der Waals surface area contributed by atoms with E-state index in [0.29, 0.717) is 23.2 Å². The van der Waals surface area contributed by atoms with Gasteiger partial charge in [0.15, 0.2) is 0 Å². The van der Waals surface area contributed by atoms with Crippen molar-refractivity contribution in [2.75, 3.05) is 13.6 Å². The minimum atomic E-state index is -0.256. The Balaban J connectivity index is 2.17. The predicted molar refractivity (Wildman–Crippen MR) is 82.5 cm³/mol. The van der Waals surface area contributed by atoms with Crippen LogP contribution >= 0.6 is 11.6 Å². The first kappa shape index (κ1) is 15.7. The summed E-state index contributed by atoms with van der Waals surface area (Å²) < 4.78 is 14.1. The van der Waals surface area contributed by atoms with E-state index in [1.54, 1.807) is 12.1 Å². The van der Waals surface area contributed by atoms with Crippen molar-refractivity contribution in [1.82, 2.24) is 4.90 Å². The standard InChI is InChI=1S/C16H24ClFN2/c1-20(13-6-4-2-3-5-7-13)16(11-19)14-9-8-12(17)10-15(14)18/h8-10,13,16H,2-7,11,19H2,1H3. The Morgan fingerprint density at radius 1 is 1.30 bits per heavy atom. The van der Waals surface area contributed by atoms with Gasteiger partial charge in [-0.2, -0.15) is 0 Å². The molecule has 0 spiro atoms. The van der Waals surface area contributed by atoms with Gasteiger partial charge >= 0.3 is 0 Å². The van der Waals surface area contributed by atoms with Crippen LogP contribution in [0.15, 0.2) is 18.2 Å². The summed E-state index contributed by atoms with van der Waals surface area (Å²) in [5, 5.41) is 0.430. The minimum absolute atomic E-state index is 0.0737. The predicted octanol–water partition coefficient (Wildman–Crippen LogP) is 4.13. The summed E-state index contributed by atoms with van der Waals surface area (Å²) in [6.07, 6.45) is 7.51. The second-order valence-corrected chi connectivity index (χ2v) is 6.16. The molecule has 1 aliphatic carbocycles. The summed E-state index contributed by atoms with van der Waals surface area (Å²) in [5.74, 6) is -0.256. The number of nitrogens with zero attached hydrogens (tertiary/aromatic N) is 1. The summed E-state index contributed by atoms with van der Waals surface area (Å²) >= 11 is 5.83. The fraction of sp³-hybridized carbons (Fsp3) is 0.625. The molecule has 1 aromatic carbocycles. The Bertz CT molecular complexity index is 430. The van der Waals surface area contributed by atoms with Crippen LogP contribution in [-0.4, -0.2) is 24.5 Å². The van der Waals surface area contributed by atoms with E-state index in [9.17, 15) is 4.39 Å². The zero-order chi connectivity index (χ0) is 14.5. The molecular weight excluding hydrogens is 275 g/mol. The molecule has 0 bridgehead atoms. The molecule has 1 unspecified atom stereocenters. The van der Waals surface area contributed by atoms with Gasteiger partial charge in [0.05, 0.1) is 0 Å². The fourth-order valence-corrected chi connectivity index (χ4v) is 3.36. The number of halogens is 2. The van der Waals surface area contributed by atoms with Crippen molar-refractivity contribution in [2.24, 2.45) is 5.73 Å². The van der Waals surface area contributed by atoms with Crippen LogP contribution in [0.2, 0.25) is 5.02 Å². The van der Waals surface area contributed by atoms with Gasteiger partial charge in [0, 0.05) is 29.2 Å². The summed E-state index contributed by atoms with van der Waals surface area (Å²) in [7, 11) is 2.07. The fourth-order valence-electron chi connectivity index (χ4n) is 3.20. The smallest absolute Gasteiger partial charge is 0.129 e. The van der Waals surface area contributed by atoms with Crippen LogP contribution in [0.3, 0.4) is 0 Å². The lowest BCUT2D eigenvalue weighted by molar-refractivity contribution is 0.158. The van der Waals surface area contributed by atoms with E-state index in [-0.39, 0.29) is 11.9 Å². The zero-order valence-corrected chi connectivity index (χ0v) is 12.9. The summed E-state index contributed by atoms with van der Waals surface area (Å²) in [5.41, 5.74) is 6.57. The topological polar surface area (TPSA) is 29.3 Å². The molecule has 1 aromatic rings. The molecule has 2 rings (SSSR count). The number of hydrogen-bond acceptors (Lipinski definition) is 2. The van der Waals surface area contributed by atoms with Crippen LogP contribution in [0.1, 0.15) is 50.1 Å². The maximum atomic E-state index is 14.1. The molecule has 0 radical (unpaired) electrons. The lowest BCUT2D eigenvalue weighted by Crippen LogP contribution is -2.38. The van der Waals surface area contributed by atoms with E-state index in [4.69, 9.17) is 17.3 Å². The van der Waals surface area contributed by atoms with Crippen molar-refractivity contribution in [2.45, 2.75) is 50.6 Å². The van der Waals surface area contributed by atoms with E-state index in [1.807, 2.05) is 0 Å². The second kappa shape index (κ2) is 7.39. The highest BCUT2D eigenvalue weighted by atomic mass is 35.5. The first-order valence-corrected chi connectivity index (χ1v) is 7.88. The van der Waals surface area contributed by atoms with Gasteiger partial charge in [-0.15, -0.1) is 0 Å². The molecule has 112 valence electrons. The highest BCUT2D eigenvalue weighted by Gasteiger charge is 2.25. The molecular formula is C16H24ClFN2. The largest absolute Gasteiger partial charge is 0.329 e. The Morgan fingerprint density at radius 3 is 2.50 bits per heavy atom. The van der Waals surface area contributed by atoms with Crippen LogP contribution in [0.5, 0.6) is 0 Å². The normalized spacial score (nSPS) is 19.1. The van der Waals surface area contributed by atoms with Gasteiger partial charge in [0.25, 0.3) is 0 Å². The molecule has 2 N–H and O–H groups in total. The van der Waals surface area contributed by atoms with Crippen molar-refractivity contribution in [3.05, 3.63) is 34.6 Å². The minimum Gasteiger partial charge on any atom is -0.329 e. The molecule has 0 saturated heterocycles. The van der Waals surface area contributed by atoms with Gasteiger partial charge in [-0.1, -0.05) is 43.4 Å². The van der Waals surface area contributed by atoms with Crippen LogP contribution < -0.4 is 5.73 Å². The van der Waals surface area contributed by atoms with E-state index < -0.39 is 0 Å². The van der Waals surface area contributed by atoms with Crippen molar-refractivity contribution < 1.29 is 4.39 Å². The lowest BCUT2D eigenvalue weighted by atomic mass is 10.00. The monoisotopic (exact) mass is 298 g/mol. The third-order valence-corrected chi connectivity index (χ3v) is 4.67. The number of nitrogens with two attached hydrogens (primary N) is 1. The average molecular weight is 299 g/mol. The summed E-state index contributed by atoms with van der Waals surface area (Å²) in [4.78, 5) is 2.26. The summed E-state index contributed by atoms with van der Waals surface area (Å²) in [6, 6.07) is 5.31. The molecule has 0 aliphatic heterocycles. The number of benzene rings is 1. The van der Waals surface area contributed by atoms with Gasteiger partial charge in [-0.3, -0.25) is 4.90 Å². The number of rotatable bonds is 4. The van der Waals surface area contributed by atoms with Gasteiger partial charge in [-0.05, 0) is 32.0 Å². The van der Waals surface area contributed by atoms with Crippen molar-refractivity contribution in [3.8, 4) is 0 Å². The SMILES string of the molecule is CN(C1CCCCCC1)C(CN)c1ccc(Cl)cc1F. The molecule has 0 heterocycles. The third-order valence-electron chi connectivity index (χ3n) is 4.44. The van der Waals surface area contributed by atoms with E-state index in [1.165, 1.54) is 44.6 Å². The molecule has 20 heavy (non-hydrogen) atoms. The molecule has 0 aromatic heterocycles. The number of likely N-dealkylation sites (N-methyl/N-ethyl adjacent to an activating group) is 1. The van der Waals surface area contributed by atoms with E-state index >= 15 is 0 Å². The van der Waals surface area contributed by atoms with Crippen molar-refractivity contribution in [3.63, 3.8) is 0 Å². The molecule has 1 fully saturated rings. The highest BCUT2D eigenvalue weighted by molar-refractivity contribution is 6.30. The Morgan fingerprint density at radius 2 is 1.95 bits per heavy atom. The molecule has 1 aliphatic rings. The summed E-state index contributed by atoms with van der Waals surface area (Å²) in [6.45, 7) is 0.422. The van der Waals surface area contributed by atoms with Gasteiger partial charge in [-0.25, -0.2) is 4.39 Å².